The Kier molecular flexibility index (Phi) is 6.31. The lowest BCUT2D eigenvalue weighted by atomic mass is 10.1. The van der Waals surface area contributed by atoms with Gasteiger partial charge >= 0.3 is 0 Å². The maximum absolute atomic E-state index is 12.6. The zero-order valence-corrected chi connectivity index (χ0v) is 14.7. The molecule has 3 nitrogen and oxygen atoms in total. The molecule has 0 saturated carbocycles. The molecule has 23 heavy (non-hydrogen) atoms. The third kappa shape index (κ3) is 4.40. The van der Waals surface area contributed by atoms with E-state index in [-0.39, 0.29) is 5.91 Å². The summed E-state index contributed by atoms with van der Waals surface area (Å²) in [5.41, 5.74) is 1.22. The molecule has 0 N–H and O–H groups in total. The Balaban J connectivity index is 2.21. The third-order valence-electron chi connectivity index (χ3n) is 3.44. The second-order valence-electron chi connectivity index (χ2n) is 5.17. The number of benzene rings is 2. The van der Waals surface area contributed by atoms with Gasteiger partial charge in [-0.1, -0.05) is 54.7 Å². The first kappa shape index (κ1) is 17.6. The van der Waals surface area contributed by atoms with E-state index in [0.29, 0.717) is 28.0 Å². The van der Waals surface area contributed by atoms with E-state index in [0.717, 1.165) is 18.5 Å². The fourth-order valence-corrected chi connectivity index (χ4v) is 2.70. The van der Waals surface area contributed by atoms with Gasteiger partial charge in [0.05, 0.1) is 16.7 Å². The molecule has 0 aromatic heterocycles. The number of hydrogen-bond donors (Lipinski definition) is 0. The highest BCUT2D eigenvalue weighted by Gasteiger charge is 2.18. The zero-order valence-electron chi connectivity index (χ0n) is 13.2. The van der Waals surface area contributed by atoms with Crippen LogP contribution in [0.4, 0.5) is 5.69 Å². The van der Waals surface area contributed by atoms with Crippen LogP contribution in [0.5, 0.6) is 5.75 Å². The van der Waals surface area contributed by atoms with Crippen LogP contribution in [0.1, 0.15) is 30.1 Å². The molecular formula is C18H19Cl2NO2. The van der Waals surface area contributed by atoms with Gasteiger partial charge in [-0.2, -0.15) is 0 Å². The molecule has 0 aliphatic heterocycles. The Morgan fingerprint density at radius 3 is 2.30 bits per heavy atom. The van der Waals surface area contributed by atoms with Gasteiger partial charge in [0.1, 0.15) is 0 Å². The topological polar surface area (TPSA) is 29.5 Å². The van der Waals surface area contributed by atoms with Crippen molar-refractivity contribution >= 4 is 34.8 Å². The van der Waals surface area contributed by atoms with E-state index in [9.17, 15) is 4.79 Å². The summed E-state index contributed by atoms with van der Waals surface area (Å²) in [5.74, 6) is 0.251. The average molecular weight is 352 g/mol. The number of rotatable bonds is 6. The van der Waals surface area contributed by atoms with Crippen molar-refractivity contribution in [3.8, 4) is 5.75 Å². The summed E-state index contributed by atoms with van der Waals surface area (Å²) in [4.78, 5) is 14.1. The largest absolute Gasteiger partial charge is 0.490 e. The van der Waals surface area contributed by atoms with Crippen molar-refractivity contribution in [3.63, 3.8) is 0 Å². The van der Waals surface area contributed by atoms with Crippen LogP contribution in [-0.2, 0) is 0 Å². The lowest BCUT2D eigenvalue weighted by Crippen LogP contribution is -2.26. The lowest BCUT2D eigenvalue weighted by molar-refractivity contribution is 0.0993. The Hall–Kier alpha value is -1.71. The van der Waals surface area contributed by atoms with Crippen LogP contribution in [0, 0.1) is 0 Å². The van der Waals surface area contributed by atoms with Gasteiger partial charge in [-0.3, -0.25) is 4.79 Å². The molecule has 122 valence electrons. The van der Waals surface area contributed by atoms with Crippen LogP contribution in [-0.4, -0.2) is 19.6 Å². The van der Waals surface area contributed by atoms with E-state index in [1.165, 1.54) is 0 Å². The number of unbranched alkanes of at least 4 members (excludes halogenated alkanes) is 1. The molecule has 0 atom stereocenters. The van der Waals surface area contributed by atoms with Gasteiger partial charge in [-0.15, -0.1) is 0 Å². The summed E-state index contributed by atoms with van der Waals surface area (Å²) in [5, 5.41) is 0.692. The van der Waals surface area contributed by atoms with E-state index >= 15 is 0 Å². The highest BCUT2D eigenvalue weighted by Crippen LogP contribution is 2.35. The highest BCUT2D eigenvalue weighted by molar-refractivity contribution is 6.37. The quantitative estimate of drug-likeness (QED) is 0.647. The Morgan fingerprint density at radius 2 is 1.74 bits per heavy atom. The summed E-state index contributed by atoms with van der Waals surface area (Å²) in [6, 6.07) is 12.6. The molecule has 0 unspecified atom stereocenters. The summed E-state index contributed by atoms with van der Waals surface area (Å²) in [7, 11) is 1.71. The molecule has 0 radical (unpaired) electrons. The van der Waals surface area contributed by atoms with Gasteiger partial charge in [0.25, 0.3) is 5.91 Å². The van der Waals surface area contributed by atoms with Gasteiger partial charge in [0.2, 0.25) is 0 Å². The molecule has 0 fully saturated rings. The van der Waals surface area contributed by atoms with Crippen molar-refractivity contribution in [2.24, 2.45) is 0 Å². The van der Waals surface area contributed by atoms with Crippen LogP contribution < -0.4 is 9.64 Å². The monoisotopic (exact) mass is 351 g/mol. The van der Waals surface area contributed by atoms with Crippen molar-refractivity contribution in [2.45, 2.75) is 19.8 Å². The second kappa shape index (κ2) is 8.23. The predicted octanol–water partition coefficient (Wildman–Crippen LogP) is 5.45. The summed E-state index contributed by atoms with van der Waals surface area (Å²) in [6.45, 7) is 2.63. The second-order valence-corrected chi connectivity index (χ2v) is 5.99. The Morgan fingerprint density at radius 1 is 1.13 bits per heavy atom. The van der Waals surface area contributed by atoms with Crippen molar-refractivity contribution in [1.82, 2.24) is 0 Å². The molecule has 2 aromatic carbocycles. The molecule has 2 rings (SSSR count). The van der Waals surface area contributed by atoms with E-state index in [2.05, 4.69) is 6.92 Å². The number of nitrogens with zero attached hydrogens (tertiary/aromatic N) is 1. The molecule has 0 spiro atoms. The smallest absolute Gasteiger partial charge is 0.258 e. The van der Waals surface area contributed by atoms with Crippen molar-refractivity contribution in [2.75, 3.05) is 18.6 Å². The molecule has 0 aliphatic carbocycles. The minimum absolute atomic E-state index is 0.180. The summed E-state index contributed by atoms with van der Waals surface area (Å²) in [6.07, 6.45) is 1.94. The summed E-state index contributed by atoms with van der Waals surface area (Å²) >= 11 is 12.5. The van der Waals surface area contributed by atoms with E-state index in [1.807, 2.05) is 30.3 Å². The molecule has 1 amide bonds. The zero-order chi connectivity index (χ0) is 16.8. The number of ether oxygens (including phenoxy) is 1. The molecule has 0 saturated heterocycles. The SMILES string of the molecule is CCCCOc1c(Cl)cc(C(=O)N(C)c2ccccc2)cc1Cl. The number of carbonyl (C=O) groups is 1. The molecule has 0 heterocycles. The number of hydrogen-bond acceptors (Lipinski definition) is 2. The van der Waals surface area contributed by atoms with E-state index < -0.39 is 0 Å². The van der Waals surface area contributed by atoms with Gasteiger partial charge < -0.3 is 9.64 Å². The predicted molar refractivity (Wildman–Crippen MR) is 96.0 cm³/mol. The first-order valence-electron chi connectivity index (χ1n) is 7.49. The third-order valence-corrected chi connectivity index (χ3v) is 4.00. The van der Waals surface area contributed by atoms with Crippen LogP contribution in [0.2, 0.25) is 10.0 Å². The van der Waals surface area contributed by atoms with Gasteiger partial charge in [-0.05, 0) is 30.7 Å². The molecule has 2 aromatic rings. The van der Waals surface area contributed by atoms with Gasteiger partial charge in [0.15, 0.2) is 5.75 Å². The van der Waals surface area contributed by atoms with Crippen LogP contribution in [0.15, 0.2) is 42.5 Å². The van der Waals surface area contributed by atoms with Crippen molar-refractivity contribution in [1.29, 1.82) is 0 Å². The number of carbonyl (C=O) groups excluding carboxylic acids is 1. The van der Waals surface area contributed by atoms with Gasteiger partial charge in [0, 0.05) is 18.3 Å². The normalized spacial score (nSPS) is 10.4. The average Bonchev–Trinajstić information content (AvgIpc) is 2.56. The summed E-state index contributed by atoms with van der Waals surface area (Å²) < 4.78 is 5.60. The fourth-order valence-electron chi connectivity index (χ4n) is 2.10. The van der Waals surface area contributed by atoms with E-state index in [4.69, 9.17) is 27.9 Å². The van der Waals surface area contributed by atoms with Crippen molar-refractivity contribution < 1.29 is 9.53 Å². The van der Waals surface area contributed by atoms with Crippen LogP contribution in [0.3, 0.4) is 0 Å². The molecule has 0 bridgehead atoms. The first-order valence-corrected chi connectivity index (χ1v) is 8.25. The van der Waals surface area contributed by atoms with Crippen LogP contribution >= 0.6 is 23.2 Å². The minimum atomic E-state index is -0.180. The molecule has 0 aliphatic rings. The maximum Gasteiger partial charge on any atom is 0.258 e. The van der Waals surface area contributed by atoms with E-state index in [1.54, 1.807) is 24.1 Å². The number of amides is 1. The van der Waals surface area contributed by atoms with Crippen LogP contribution in [0.25, 0.3) is 0 Å². The number of halogens is 2. The Bertz CT molecular complexity index is 651. The minimum Gasteiger partial charge on any atom is -0.490 e. The fraction of sp³-hybridized carbons (Fsp3) is 0.278. The molecular weight excluding hydrogens is 333 g/mol. The van der Waals surface area contributed by atoms with Gasteiger partial charge in [-0.25, -0.2) is 0 Å². The number of para-hydroxylation sites is 1. The van der Waals surface area contributed by atoms with Crippen molar-refractivity contribution in [3.05, 3.63) is 58.1 Å². The first-order chi connectivity index (χ1) is 11.0. The highest BCUT2D eigenvalue weighted by atomic mass is 35.5. The maximum atomic E-state index is 12.6. The standard InChI is InChI=1S/C18H19Cl2NO2/c1-3-4-10-23-17-15(19)11-13(12-16(17)20)18(22)21(2)14-8-6-5-7-9-14/h5-9,11-12H,3-4,10H2,1-2H3. The number of anilines is 1. The lowest BCUT2D eigenvalue weighted by Gasteiger charge is -2.18. The Labute approximate surface area is 146 Å². The molecule has 5 heteroatoms.